The Balaban J connectivity index is 2.65. The normalized spacial score (nSPS) is 49.2. The van der Waals surface area contributed by atoms with Crippen molar-refractivity contribution in [3.05, 3.63) is 0 Å². The molecule has 72 valence electrons. The van der Waals surface area contributed by atoms with Gasteiger partial charge in [0.15, 0.2) is 0 Å². The maximum Gasteiger partial charge on any atom is 0.0859 e. The first kappa shape index (κ1) is 10.0. The van der Waals surface area contributed by atoms with Gasteiger partial charge in [-0.05, 0) is 25.7 Å². The molecule has 1 aliphatic rings. The predicted octanol–water partition coefficient (Wildman–Crippen LogP) is 2.08. The third-order valence-corrected chi connectivity index (χ3v) is 3.25. The Morgan fingerprint density at radius 2 is 1.50 bits per heavy atom. The van der Waals surface area contributed by atoms with Crippen LogP contribution in [-0.2, 0) is 9.47 Å². The summed E-state index contributed by atoms with van der Waals surface area (Å²) < 4.78 is 11.2. The van der Waals surface area contributed by atoms with Gasteiger partial charge in [-0.15, -0.1) is 0 Å². The lowest BCUT2D eigenvalue weighted by molar-refractivity contribution is -0.165. The zero-order chi connectivity index (χ0) is 9.30. The molecule has 1 aliphatic heterocycles. The van der Waals surface area contributed by atoms with E-state index < -0.39 is 0 Å². The Morgan fingerprint density at radius 3 is 2.00 bits per heavy atom. The summed E-state index contributed by atoms with van der Waals surface area (Å²) in [5.74, 6) is 1.18. The molecule has 3 unspecified atom stereocenters. The Labute approximate surface area is 75.2 Å². The first-order chi connectivity index (χ1) is 5.57. The van der Waals surface area contributed by atoms with Crippen LogP contribution in [0, 0.1) is 11.8 Å². The molecule has 0 saturated carbocycles. The maximum absolute atomic E-state index is 5.75. The second kappa shape index (κ2) is 3.75. The molecule has 5 atom stereocenters. The van der Waals surface area contributed by atoms with Crippen molar-refractivity contribution in [3.63, 3.8) is 0 Å². The first-order valence-corrected chi connectivity index (χ1v) is 4.76. The number of methoxy groups -OCH3 is 1. The van der Waals surface area contributed by atoms with Crippen LogP contribution in [0.5, 0.6) is 0 Å². The van der Waals surface area contributed by atoms with E-state index in [1.54, 1.807) is 7.11 Å². The highest BCUT2D eigenvalue weighted by Crippen LogP contribution is 2.31. The van der Waals surface area contributed by atoms with E-state index in [4.69, 9.17) is 9.47 Å². The summed E-state index contributed by atoms with van der Waals surface area (Å²) in [6, 6.07) is 0. The van der Waals surface area contributed by atoms with Gasteiger partial charge in [0.25, 0.3) is 0 Å². The molecule has 0 aromatic rings. The summed E-state index contributed by atoms with van der Waals surface area (Å²) in [5, 5.41) is 0. The number of rotatable bonds is 1. The van der Waals surface area contributed by atoms with Crippen LogP contribution in [0.15, 0.2) is 0 Å². The van der Waals surface area contributed by atoms with Gasteiger partial charge in [-0.1, -0.05) is 13.8 Å². The second-order valence-electron chi connectivity index (χ2n) is 3.96. The fourth-order valence-corrected chi connectivity index (χ4v) is 2.10. The van der Waals surface area contributed by atoms with Crippen molar-refractivity contribution in [2.45, 2.75) is 46.0 Å². The minimum absolute atomic E-state index is 0.233. The van der Waals surface area contributed by atoms with Crippen LogP contribution >= 0.6 is 0 Å². The van der Waals surface area contributed by atoms with Crippen molar-refractivity contribution in [1.29, 1.82) is 0 Å². The molecule has 0 bridgehead atoms. The van der Waals surface area contributed by atoms with Gasteiger partial charge in [-0.25, -0.2) is 0 Å². The van der Waals surface area contributed by atoms with Crippen molar-refractivity contribution < 1.29 is 9.47 Å². The maximum atomic E-state index is 5.75. The predicted molar refractivity (Wildman–Crippen MR) is 49.1 cm³/mol. The van der Waals surface area contributed by atoms with Gasteiger partial charge >= 0.3 is 0 Å². The molecule has 0 aromatic carbocycles. The highest BCUT2D eigenvalue weighted by atomic mass is 16.5. The van der Waals surface area contributed by atoms with Gasteiger partial charge in [-0.2, -0.15) is 0 Å². The molecular weight excluding hydrogens is 152 g/mol. The topological polar surface area (TPSA) is 18.5 Å². The molecule has 1 heterocycles. The molecule has 0 spiro atoms. The quantitative estimate of drug-likeness (QED) is 0.603. The summed E-state index contributed by atoms with van der Waals surface area (Å²) >= 11 is 0. The molecule has 0 aliphatic carbocycles. The first-order valence-electron chi connectivity index (χ1n) is 4.76. The molecule has 1 saturated heterocycles. The molecular formula is C10H20O2. The number of hydrogen-bond donors (Lipinski definition) is 0. The van der Waals surface area contributed by atoms with E-state index in [0.717, 1.165) is 0 Å². The molecule has 0 amide bonds. The third kappa shape index (κ3) is 1.64. The van der Waals surface area contributed by atoms with E-state index in [2.05, 4.69) is 27.7 Å². The van der Waals surface area contributed by atoms with Crippen LogP contribution in [0.3, 0.4) is 0 Å². The average molecular weight is 172 g/mol. The zero-order valence-corrected chi connectivity index (χ0v) is 8.70. The largest absolute Gasteiger partial charge is 0.378 e. The van der Waals surface area contributed by atoms with Crippen molar-refractivity contribution >= 4 is 0 Å². The monoisotopic (exact) mass is 172 g/mol. The smallest absolute Gasteiger partial charge is 0.0859 e. The summed E-state index contributed by atoms with van der Waals surface area (Å²) in [4.78, 5) is 0. The number of hydrogen-bond acceptors (Lipinski definition) is 2. The van der Waals surface area contributed by atoms with E-state index >= 15 is 0 Å². The Morgan fingerprint density at radius 1 is 0.917 bits per heavy atom. The SMILES string of the molecule is CO[C@H]1C(C)O[C@@H](C)C(C)C1C. The van der Waals surface area contributed by atoms with Crippen LogP contribution in [0.2, 0.25) is 0 Å². The van der Waals surface area contributed by atoms with E-state index in [0.29, 0.717) is 17.9 Å². The van der Waals surface area contributed by atoms with Crippen LogP contribution in [0.25, 0.3) is 0 Å². The highest BCUT2D eigenvalue weighted by molar-refractivity contribution is 4.84. The average Bonchev–Trinajstić information content (AvgIpc) is 2.01. The third-order valence-electron chi connectivity index (χ3n) is 3.25. The Hall–Kier alpha value is -0.0800. The Kier molecular flexibility index (Phi) is 3.13. The molecule has 1 rings (SSSR count). The summed E-state index contributed by atoms with van der Waals surface area (Å²) in [7, 11) is 1.77. The summed E-state index contributed by atoms with van der Waals surface area (Å²) in [6.07, 6.45) is 0.855. The van der Waals surface area contributed by atoms with Crippen molar-refractivity contribution in [2.75, 3.05) is 7.11 Å². The molecule has 2 nitrogen and oxygen atoms in total. The fraction of sp³-hybridized carbons (Fsp3) is 1.00. The zero-order valence-electron chi connectivity index (χ0n) is 8.70. The van der Waals surface area contributed by atoms with Crippen molar-refractivity contribution in [1.82, 2.24) is 0 Å². The second-order valence-corrected chi connectivity index (χ2v) is 3.96. The van der Waals surface area contributed by atoms with Gasteiger partial charge in [0.1, 0.15) is 0 Å². The lowest BCUT2D eigenvalue weighted by Crippen LogP contribution is -2.47. The highest BCUT2D eigenvalue weighted by Gasteiger charge is 2.37. The van der Waals surface area contributed by atoms with Crippen LogP contribution in [0.4, 0.5) is 0 Å². The molecule has 0 aromatic heterocycles. The Bertz CT molecular complexity index is 147. The lowest BCUT2D eigenvalue weighted by atomic mass is 9.82. The standard InChI is InChI=1S/C10H20O2/c1-6-7(2)10(11-5)9(4)12-8(6)3/h6-10H,1-5H3/t6?,7?,8-,9?,10+/m0/s1. The number of ether oxygens (including phenoxy) is 2. The van der Waals surface area contributed by atoms with Gasteiger partial charge < -0.3 is 9.47 Å². The van der Waals surface area contributed by atoms with Crippen LogP contribution < -0.4 is 0 Å². The van der Waals surface area contributed by atoms with Crippen LogP contribution in [0.1, 0.15) is 27.7 Å². The van der Waals surface area contributed by atoms with Gasteiger partial charge in [0, 0.05) is 7.11 Å². The molecule has 2 heteroatoms. The fourth-order valence-electron chi connectivity index (χ4n) is 2.10. The van der Waals surface area contributed by atoms with Gasteiger partial charge in [0.05, 0.1) is 18.3 Å². The van der Waals surface area contributed by atoms with E-state index in [1.165, 1.54) is 0 Å². The van der Waals surface area contributed by atoms with Gasteiger partial charge in [0.2, 0.25) is 0 Å². The van der Waals surface area contributed by atoms with Gasteiger partial charge in [-0.3, -0.25) is 0 Å². The minimum atomic E-state index is 0.233. The van der Waals surface area contributed by atoms with E-state index in [9.17, 15) is 0 Å². The molecule has 1 fully saturated rings. The van der Waals surface area contributed by atoms with E-state index in [1.807, 2.05) is 0 Å². The van der Waals surface area contributed by atoms with Crippen molar-refractivity contribution in [2.24, 2.45) is 11.8 Å². The molecule has 0 radical (unpaired) electrons. The minimum Gasteiger partial charge on any atom is -0.378 e. The molecule has 0 N–H and O–H groups in total. The lowest BCUT2D eigenvalue weighted by Gasteiger charge is -2.41. The summed E-state index contributed by atoms with van der Waals surface area (Å²) in [6.45, 7) is 8.71. The van der Waals surface area contributed by atoms with Crippen LogP contribution in [-0.4, -0.2) is 25.4 Å². The summed E-state index contributed by atoms with van der Waals surface area (Å²) in [5.41, 5.74) is 0. The molecule has 12 heavy (non-hydrogen) atoms. The van der Waals surface area contributed by atoms with E-state index in [-0.39, 0.29) is 12.2 Å². The van der Waals surface area contributed by atoms with Crippen molar-refractivity contribution in [3.8, 4) is 0 Å².